The van der Waals surface area contributed by atoms with Crippen LogP contribution in [0.4, 0.5) is 5.69 Å². The van der Waals surface area contributed by atoms with Crippen molar-refractivity contribution in [2.75, 3.05) is 18.5 Å². The van der Waals surface area contributed by atoms with Crippen LogP contribution in [-0.4, -0.2) is 24.0 Å². The van der Waals surface area contributed by atoms with Crippen molar-refractivity contribution in [1.29, 1.82) is 5.26 Å². The topological polar surface area (TPSA) is 65.4 Å². The molecule has 5 nitrogen and oxygen atoms in total. The third-order valence-electron chi connectivity index (χ3n) is 4.26. The maximum atomic E-state index is 12.4. The lowest BCUT2D eigenvalue weighted by Gasteiger charge is -2.27. The Labute approximate surface area is 153 Å². The first-order valence-electron chi connectivity index (χ1n) is 8.66. The van der Waals surface area contributed by atoms with Crippen LogP contribution in [0.25, 0.3) is 0 Å². The molecule has 1 N–H and O–H groups in total. The van der Waals surface area contributed by atoms with Crippen molar-refractivity contribution in [3.05, 3.63) is 71.4 Å². The van der Waals surface area contributed by atoms with Crippen molar-refractivity contribution >= 4 is 11.6 Å². The highest BCUT2D eigenvalue weighted by atomic mass is 16.5. The second kappa shape index (κ2) is 8.21. The number of nitriles is 1. The fourth-order valence-corrected chi connectivity index (χ4v) is 2.95. The molecule has 0 radical (unpaired) electrons. The monoisotopic (exact) mass is 347 g/mol. The van der Waals surface area contributed by atoms with Gasteiger partial charge in [0.15, 0.2) is 0 Å². The van der Waals surface area contributed by atoms with Gasteiger partial charge in [0.2, 0.25) is 0 Å². The SMILES string of the molecule is CCOc1ccc(NC(=O)/C(C#N)=C\N2CCc3ccccc3C2)cc1. The van der Waals surface area contributed by atoms with Gasteiger partial charge in [0.1, 0.15) is 17.4 Å². The highest BCUT2D eigenvalue weighted by molar-refractivity contribution is 6.06. The zero-order valence-corrected chi connectivity index (χ0v) is 14.7. The molecule has 5 heteroatoms. The number of amides is 1. The lowest BCUT2D eigenvalue weighted by molar-refractivity contribution is -0.112. The predicted octanol–water partition coefficient (Wildman–Crippen LogP) is 3.49. The number of nitrogens with zero attached hydrogens (tertiary/aromatic N) is 2. The Kier molecular flexibility index (Phi) is 5.55. The number of anilines is 1. The molecule has 0 aromatic heterocycles. The van der Waals surface area contributed by atoms with Gasteiger partial charge in [0.25, 0.3) is 5.91 Å². The van der Waals surface area contributed by atoms with E-state index in [0.717, 1.165) is 18.7 Å². The molecular weight excluding hydrogens is 326 g/mol. The second-order valence-corrected chi connectivity index (χ2v) is 6.06. The molecule has 1 aliphatic rings. The Bertz CT molecular complexity index is 850. The summed E-state index contributed by atoms with van der Waals surface area (Å²) in [6, 6.07) is 17.4. The van der Waals surface area contributed by atoms with E-state index in [-0.39, 0.29) is 5.57 Å². The van der Waals surface area contributed by atoms with E-state index in [4.69, 9.17) is 4.74 Å². The molecule has 0 fully saturated rings. The minimum atomic E-state index is -0.407. The number of fused-ring (bicyclic) bond motifs is 1. The van der Waals surface area contributed by atoms with E-state index in [9.17, 15) is 10.1 Å². The number of rotatable bonds is 5. The van der Waals surface area contributed by atoms with Gasteiger partial charge >= 0.3 is 0 Å². The fraction of sp³-hybridized carbons (Fsp3) is 0.238. The molecule has 2 aromatic rings. The lowest BCUT2D eigenvalue weighted by Crippen LogP contribution is -2.27. The molecule has 0 saturated heterocycles. The van der Waals surface area contributed by atoms with Gasteiger partial charge < -0.3 is 15.0 Å². The molecule has 2 aromatic carbocycles. The van der Waals surface area contributed by atoms with E-state index in [1.54, 1.807) is 30.5 Å². The molecule has 132 valence electrons. The maximum absolute atomic E-state index is 12.4. The van der Waals surface area contributed by atoms with Crippen LogP contribution in [0.1, 0.15) is 18.1 Å². The minimum Gasteiger partial charge on any atom is -0.494 e. The molecule has 0 atom stereocenters. The quantitative estimate of drug-likeness (QED) is 0.664. The minimum absolute atomic E-state index is 0.0956. The molecule has 1 amide bonds. The number of carbonyl (C=O) groups is 1. The molecule has 1 aliphatic heterocycles. The van der Waals surface area contributed by atoms with Crippen molar-refractivity contribution in [2.45, 2.75) is 19.9 Å². The van der Waals surface area contributed by atoms with Crippen LogP contribution in [0.15, 0.2) is 60.3 Å². The fourth-order valence-electron chi connectivity index (χ4n) is 2.95. The van der Waals surface area contributed by atoms with Crippen molar-refractivity contribution in [1.82, 2.24) is 4.90 Å². The lowest BCUT2D eigenvalue weighted by atomic mass is 10.0. The Hall–Kier alpha value is -3.26. The Morgan fingerprint density at radius 1 is 1.23 bits per heavy atom. The number of carbonyl (C=O) groups excluding carboxylic acids is 1. The van der Waals surface area contributed by atoms with Crippen molar-refractivity contribution in [3.63, 3.8) is 0 Å². The first kappa shape index (κ1) is 17.6. The number of nitrogens with one attached hydrogen (secondary N) is 1. The molecule has 0 aliphatic carbocycles. The van der Waals surface area contributed by atoms with Crippen LogP contribution >= 0.6 is 0 Å². The smallest absolute Gasteiger partial charge is 0.267 e. The summed E-state index contributed by atoms with van der Waals surface area (Å²) in [4.78, 5) is 14.4. The van der Waals surface area contributed by atoms with E-state index in [2.05, 4.69) is 17.4 Å². The summed E-state index contributed by atoms with van der Waals surface area (Å²) >= 11 is 0. The molecule has 26 heavy (non-hydrogen) atoms. The van der Waals surface area contributed by atoms with E-state index in [1.807, 2.05) is 30.0 Å². The third-order valence-corrected chi connectivity index (χ3v) is 4.26. The summed E-state index contributed by atoms with van der Waals surface area (Å²) in [5, 5.41) is 12.1. The van der Waals surface area contributed by atoms with Gasteiger partial charge in [-0.3, -0.25) is 4.79 Å². The first-order chi connectivity index (χ1) is 12.7. The summed E-state index contributed by atoms with van der Waals surface area (Å²) in [5.74, 6) is 0.337. The van der Waals surface area contributed by atoms with E-state index >= 15 is 0 Å². The van der Waals surface area contributed by atoms with Crippen LogP contribution in [0.5, 0.6) is 5.75 Å². The van der Waals surface area contributed by atoms with Crippen LogP contribution in [0.3, 0.4) is 0 Å². The van der Waals surface area contributed by atoms with Crippen LogP contribution in [0.2, 0.25) is 0 Å². The van der Waals surface area contributed by atoms with E-state index in [0.29, 0.717) is 18.8 Å². The van der Waals surface area contributed by atoms with Crippen LogP contribution < -0.4 is 10.1 Å². The average molecular weight is 347 g/mol. The zero-order valence-electron chi connectivity index (χ0n) is 14.7. The molecule has 0 spiro atoms. The summed E-state index contributed by atoms with van der Waals surface area (Å²) in [5.41, 5.74) is 3.29. The maximum Gasteiger partial charge on any atom is 0.267 e. The van der Waals surface area contributed by atoms with Crippen LogP contribution in [-0.2, 0) is 17.8 Å². The number of ether oxygens (including phenoxy) is 1. The molecule has 0 bridgehead atoms. The van der Waals surface area contributed by atoms with Crippen molar-refractivity contribution in [3.8, 4) is 11.8 Å². The average Bonchev–Trinajstić information content (AvgIpc) is 2.67. The van der Waals surface area contributed by atoms with Gasteiger partial charge in [-0.2, -0.15) is 5.26 Å². The molecular formula is C21H21N3O2. The van der Waals surface area contributed by atoms with Crippen LogP contribution in [0, 0.1) is 11.3 Å². The number of hydrogen-bond acceptors (Lipinski definition) is 4. The second-order valence-electron chi connectivity index (χ2n) is 6.06. The highest BCUT2D eigenvalue weighted by Gasteiger charge is 2.16. The largest absolute Gasteiger partial charge is 0.494 e. The Morgan fingerprint density at radius 2 is 1.96 bits per heavy atom. The van der Waals surface area contributed by atoms with Gasteiger partial charge in [-0.15, -0.1) is 0 Å². The standard InChI is InChI=1S/C21H21N3O2/c1-2-26-20-9-7-19(8-10-20)23-21(25)18(13-22)15-24-12-11-16-5-3-4-6-17(16)14-24/h3-10,15H,2,11-12,14H2,1H3,(H,23,25)/b18-15-. The van der Waals surface area contributed by atoms with E-state index < -0.39 is 5.91 Å². The van der Waals surface area contributed by atoms with Gasteiger partial charge in [-0.1, -0.05) is 24.3 Å². The summed E-state index contributed by atoms with van der Waals surface area (Å²) in [7, 11) is 0. The molecule has 1 heterocycles. The summed E-state index contributed by atoms with van der Waals surface area (Å²) in [6.45, 7) is 4.00. The highest BCUT2D eigenvalue weighted by Crippen LogP contribution is 2.20. The van der Waals surface area contributed by atoms with Gasteiger partial charge in [-0.05, 0) is 48.7 Å². The predicted molar refractivity (Wildman–Crippen MR) is 100 cm³/mol. The van der Waals surface area contributed by atoms with Crippen molar-refractivity contribution in [2.24, 2.45) is 0 Å². The number of hydrogen-bond donors (Lipinski definition) is 1. The summed E-state index contributed by atoms with van der Waals surface area (Å²) in [6.07, 6.45) is 2.56. The van der Waals surface area contributed by atoms with Gasteiger partial charge in [0.05, 0.1) is 6.61 Å². The first-order valence-corrected chi connectivity index (χ1v) is 8.66. The molecule has 0 saturated carbocycles. The Balaban J connectivity index is 1.67. The normalized spacial score (nSPS) is 13.5. The third kappa shape index (κ3) is 4.22. The molecule has 0 unspecified atom stereocenters. The zero-order chi connectivity index (χ0) is 18.4. The summed E-state index contributed by atoms with van der Waals surface area (Å²) < 4.78 is 5.38. The van der Waals surface area contributed by atoms with E-state index in [1.165, 1.54) is 11.1 Å². The Morgan fingerprint density at radius 3 is 2.65 bits per heavy atom. The van der Waals surface area contributed by atoms with Gasteiger partial charge in [-0.25, -0.2) is 0 Å². The van der Waals surface area contributed by atoms with Crippen molar-refractivity contribution < 1.29 is 9.53 Å². The molecule has 3 rings (SSSR count). The number of benzene rings is 2. The van der Waals surface area contributed by atoms with Gasteiger partial charge in [0, 0.05) is 25.0 Å².